The van der Waals surface area contributed by atoms with E-state index >= 15 is 0 Å². The standard InChI is InChI=1S/C17H22F3N3O2.ClH/c1-23(16(25)17(18,19)20)10-11-4-2-6-13(8-11)22-15(24)14-7-3-5-12(14)9-21;/h2,4,6,8,12,14H,3,5,7,9-10,21H2,1H3,(H,22,24);1H/t12-,14-;/m1./s1. The number of anilines is 1. The summed E-state index contributed by atoms with van der Waals surface area (Å²) in [6, 6.07) is 6.48. The zero-order valence-corrected chi connectivity index (χ0v) is 15.2. The molecule has 0 spiro atoms. The molecule has 5 nitrogen and oxygen atoms in total. The maximum absolute atomic E-state index is 12.4. The van der Waals surface area contributed by atoms with Crippen molar-refractivity contribution in [3.05, 3.63) is 29.8 Å². The SMILES string of the molecule is CN(Cc1cccc(NC(=O)[C@@H]2CCC[C@@H]2CN)c1)C(=O)C(F)(F)F.Cl. The highest BCUT2D eigenvalue weighted by Crippen LogP contribution is 2.32. The van der Waals surface area contributed by atoms with Crippen molar-refractivity contribution in [3.8, 4) is 0 Å². The van der Waals surface area contributed by atoms with Crippen LogP contribution in [0.5, 0.6) is 0 Å². The lowest BCUT2D eigenvalue weighted by Gasteiger charge is -2.20. The number of nitrogens with two attached hydrogens (primary N) is 1. The van der Waals surface area contributed by atoms with Gasteiger partial charge in [-0.1, -0.05) is 18.6 Å². The third kappa shape index (κ3) is 5.60. The van der Waals surface area contributed by atoms with Crippen molar-refractivity contribution in [2.45, 2.75) is 32.0 Å². The molecule has 26 heavy (non-hydrogen) atoms. The van der Waals surface area contributed by atoms with E-state index < -0.39 is 12.1 Å². The van der Waals surface area contributed by atoms with Gasteiger partial charge in [0.25, 0.3) is 0 Å². The number of alkyl halides is 3. The van der Waals surface area contributed by atoms with Crippen molar-refractivity contribution in [2.24, 2.45) is 17.6 Å². The van der Waals surface area contributed by atoms with Gasteiger partial charge in [-0.2, -0.15) is 13.2 Å². The van der Waals surface area contributed by atoms with Crippen LogP contribution < -0.4 is 11.1 Å². The van der Waals surface area contributed by atoms with Gasteiger partial charge < -0.3 is 16.0 Å². The Morgan fingerprint density at radius 3 is 2.62 bits per heavy atom. The average Bonchev–Trinajstić information content (AvgIpc) is 3.02. The molecule has 0 unspecified atom stereocenters. The molecule has 1 saturated carbocycles. The van der Waals surface area contributed by atoms with Gasteiger partial charge in [-0.05, 0) is 43.0 Å². The van der Waals surface area contributed by atoms with E-state index in [1.165, 1.54) is 0 Å². The summed E-state index contributed by atoms with van der Waals surface area (Å²) in [5.74, 6) is -2.00. The number of hydrogen-bond acceptors (Lipinski definition) is 3. The van der Waals surface area contributed by atoms with Crippen LogP contribution in [0.25, 0.3) is 0 Å². The maximum Gasteiger partial charge on any atom is 0.471 e. The topological polar surface area (TPSA) is 75.4 Å². The first-order chi connectivity index (χ1) is 11.7. The fraction of sp³-hybridized carbons (Fsp3) is 0.529. The van der Waals surface area contributed by atoms with Gasteiger partial charge in [0.1, 0.15) is 0 Å². The molecule has 0 radical (unpaired) electrons. The second-order valence-electron chi connectivity index (χ2n) is 6.38. The van der Waals surface area contributed by atoms with Crippen molar-refractivity contribution in [2.75, 3.05) is 18.9 Å². The summed E-state index contributed by atoms with van der Waals surface area (Å²) in [6.07, 6.45) is -2.22. The van der Waals surface area contributed by atoms with Gasteiger partial charge in [-0.25, -0.2) is 0 Å². The van der Waals surface area contributed by atoms with Crippen molar-refractivity contribution in [1.82, 2.24) is 4.90 Å². The van der Waals surface area contributed by atoms with E-state index in [9.17, 15) is 22.8 Å². The van der Waals surface area contributed by atoms with Crippen molar-refractivity contribution >= 4 is 29.9 Å². The molecular weight excluding hydrogens is 371 g/mol. The predicted octanol–water partition coefficient (Wildman–Crippen LogP) is 2.94. The van der Waals surface area contributed by atoms with Crippen LogP contribution in [-0.4, -0.2) is 36.5 Å². The first-order valence-electron chi connectivity index (χ1n) is 8.14. The first-order valence-corrected chi connectivity index (χ1v) is 8.14. The summed E-state index contributed by atoms with van der Waals surface area (Å²) in [6.45, 7) is 0.263. The number of benzene rings is 1. The minimum absolute atomic E-state index is 0. The van der Waals surface area contributed by atoms with Gasteiger partial charge >= 0.3 is 12.1 Å². The van der Waals surface area contributed by atoms with Crippen LogP contribution in [0.1, 0.15) is 24.8 Å². The lowest BCUT2D eigenvalue weighted by molar-refractivity contribution is -0.184. The molecular formula is C17H23ClF3N3O2. The molecule has 1 aromatic carbocycles. The summed E-state index contributed by atoms with van der Waals surface area (Å²) < 4.78 is 37.3. The second kappa shape index (κ2) is 9.23. The minimum Gasteiger partial charge on any atom is -0.334 e. The average molecular weight is 394 g/mol. The van der Waals surface area contributed by atoms with E-state index in [-0.39, 0.29) is 36.7 Å². The number of carbonyl (C=O) groups is 2. The monoisotopic (exact) mass is 393 g/mol. The predicted molar refractivity (Wildman–Crippen MR) is 94.7 cm³/mol. The lowest BCUT2D eigenvalue weighted by atomic mass is 9.95. The number of halogens is 4. The van der Waals surface area contributed by atoms with Crippen LogP contribution in [0.15, 0.2) is 24.3 Å². The number of carbonyl (C=O) groups excluding carboxylic acids is 2. The van der Waals surface area contributed by atoms with Gasteiger partial charge in [-0.3, -0.25) is 9.59 Å². The molecule has 0 aliphatic heterocycles. The second-order valence-corrected chi connectivity index (χ2v) is 6.38. The van der Waals surface area contributed by atoms with Gasteiger partial charge in [0.05, 0.1) is 0 Å². The fourth-order valence-electron chi connectivity index (χ4n) is 3.21. The molecule has 146 valence electrons. The Kier molecular flexibility index (Phi) is 7.89. The molecule has 0 bridgehead atoms. The van der Waals surface area contributed by atoms with E-state index in [1.54, 1.807) is 24.3 Å². The van der Waals surface area contributed by atoms with Gasteiger partial charge in [0, 0.05) is 25.2 Å². The molecule has 1 aliphatic rings. The van der Waals surface area contributed by atoms with Crippen LogP contribution in [0.2, 0.25) is 0 Å². The normalized spacial score (nSPS) is 19.6. The highest BCUT2D eigenvalue weighted by atomic mass is 35.5. The van der Waals surface area contributed by atoms with Gasteiger partial charge in [0.15, 0.2) is 0 Å². The van der Waals surface area contributed by atoms with E-state index in [0.29, 0.717) is 22.7 Å². The van der Waals surface area contributed by atoms with Crippen molar-refractivity contribution in [1.29, 1.82) is 0 Å². The number of nitrogens with zero attached hydrogens (tertiary/aromatic N) is 1. The fourth-order valence-corrected chi connectivity index (χ4v) is 3.21. The zero-order valence-electron chi connectivity index (χ0n) is 14.4. The molecule has 9 heteroatoms. The summed E-state index contributed by atoms with van der Waals surface area (Å²) in [7, 11) is 1.09. The Bertz CT molecular complexity index is 640. The largest absolute Gasteiger partial charge is 0.471 e. The van der Waals surface area contributed by atoms with E-state index in [4.69, 9.17) is 5.73 Å². The molecule has 1 aliphatic carbocycles. The highest BCUT2D eigenvalue weighted by molar-refractivity contribution is 5.93. The van der Waals surface area contributed by atoms with E-state index in [0.717, 1.165) is 26.3 Å². The molecule has 2 rings (SSSR count). The third-order valence-corrected chi connectivity index (χ3v) is 4.50. The zero-order chi connectivity index (χ0) is 18.6. The molecule has 3 N–H and O–H groups in total. The molecule has 0 heterocycles. The summed E-state index contributed by atoms with van der Waals surface area (Å²) in [5, 5.41) is 2.80. The van der Waals surface area contributed by atoms with E-state index in [1.807, 2.05) is 0 Å². The van der Waals surface area contributed by atoms with E-state index in [2.05, 4.69) is 5.32 Å². The summed E-state index contributed by atoms with van der Waals surface area (Å²) in [5.41, 5.74) is 6.69. The number of hydrogen-bond donors (Lipinski definition) is 2. The summed E-state index contributed by atoms with van der Waals surface area (Å²) >= 11 is 0. The Morgan fingerprint density at radius 1 is 1.31 bits per heavy atom. The van der Waals surface area contributed by atoms with Crippen LogP contribution in [0, 0.1) is 11.8 Å². The lowest BCUT2D eigenvalue weighted by Crippen LogP contribution is -2.37. The van der Waals surface area contributed by atoms with Crippen molar-refractivity contribution < 1.29 is 22.8 Å². The quantitative estimate of drug-likeness (QED) is 0.807. The number of rotatable bonds is 5. The molecule has 2 atom stereocenters. The van der Waals surface area contributed by atoms with Gasteiger partial charge in [0.2, 0.25) is 5.91 Å². The van der Waals surface area contributed by atoms with Crippen LogP contribution in [-0.2, 0) is 16.1 Å². The first kappa shape index (κ1) is 22.2. The number of nitrogens with one attached hydrogen (secondary N) is 1. The Morgan fingerprint density at radius 2 is 2.00 bits per heavy atom. The Hall–Kier alpha value is -1.80. The smallest absolute Gasteiger partial charge is 0.334 e. The minimum atomic E-state index is -4.90. The van der Waals surface area contributed by atoms with Crippen molar-refractivity contribution in [3.63, 3.8) is 0 Å². The van der Waals surface area contributed by atoms with Crippen LogP contribution >= 0.6 is 12.4 Å². The molecule has 0 saturated heterocycles. The molecule has 2 amide bonds. The molecule has 1 fully saturated rings. The molecule has 0 aromatic heterocycles. The third-order valence-electron chi connectivity index (χ3n) is 4.50. The highest BCUT2D eigenvalue weighted by Gasteiger charge is 2.41. The number of amides is 2. The Balaban J connectivity index is 0.00000338. The van der Waals surface area contributed by atoms with Gasteiger partial charge in [-0.15, -0.1) is 12.4 Å². The Labute approximate surface area is 156 Å². The van der Waals surface area contributed by atoms with Crippen LogP contribution in [0.3, 0.4) is 0 Å². The maximum atomic E-state index is 12.4. The van der Waals surface area contributed by atoms with Crippen LogP contribution in [0.4, 0.5) is 18.9 Å². The summed E-state index contributed by atoms with van der Waals surface area (Å²) in [4.78, 5) is 24.2. The molecule has 1 aromatic rings.